The molecule has 3 atom stereocenters. The van der Waals surface area contributed by atoms with Crippen molar-refractivity contribution < 1.29 is 0 Å². The summed E-state index contributed by atoms with van der Waals surface area (Å²) in [6, 6.07) is 1.31. The zero-order valence-electron chi connectivity index (χ0n) is 13.5. The van der Waals surface area contributed by atoms with Gasteiger partial charge in [-0.3, -0.25) is 4.90 Å². The highest BCUT2D eigenvalue weighted by Crippen LogP contribution is 2.38. The van der Waals surface area contributed by atoms with E-state index in [1.54, 1.807) is 0 Å². The van der Waals surface area contributed by atoms with E-state index in [4.69, 9.17) is 0 Å². The molecule has 0 N–H and O–H groups in total. The minimum absolute atomic E-state index is 0.513. The zero-order valence-corrected chi connectivity index (χ0v) is 14.5. The van der Waals surface area contributed by atoms with Crippen LogP contribution < -0.4 is 0 Å². The van der Waals surface area contributed by atoms with Crippen molar-refractivity contribution in [1.82, 2.24) is 4.90 Å². The van der Waals surface area contributed by atoms with Gasteiger partial charge in [-0.05, 0) is 38.1 Å². The van der Waals surface area contributed by atoms with Gasteiger partial charge in [0, 0.05) is 6.04 Å². The highest BCUT2D eigenvalue weighted by molar-refractivity contribution is 6.83. The Kier molecular flexibility index (Phi) is 4.79. The van der Waals surface area contributed by atoms with Crippen molar-refractivity contribution in [2.45, 2.75) is 77.2 Å². The van der Waals surface area contributed by atoms with Gasteiger partial charge >= 0.3 is 0 Å². The molecule has 1 heterocycles. The van der Waals surface area contributed by atoms with E-state index in [2.05, 4.69) is 50.0 Å². The van der Waals surface area contributed by atoms with Gasteiger partial charge in [-0.15, -0.1) is 5.54 Å². The van der Waals surface area contributed by atoms with E-state index in [-0.39, 0.29) is 0 Å². The van der Waals surface area contributed by atoms with Crippen LogP contribution in [0, 0.1) is 23.3 Å². The van der Waals surface area contributed by atoms with Gasteiger partial charge < -0.3 is 0 Å². The molecule has 1 saturated carbocycles. The van der Waals surface area contributed by atoms with Gasteiger partial charge in [-0.2, -0.15) is 0 Å². The lowest BCUT2D eigenvalue weighted by Crippen LogP contribution is -2.38. The van der Waals surface area contributed by atoms with Gasteiger partial charge in [0.25, 0.3) is 0 Å². The first-order chi connectivity index (χ1) is 8.88. The summed E-state index contributed by atoms with van der Waals surface area (Å²) in [7, 11) is 1.09. The molecule has 0 bridgehead atoms. The van der Waals surface area contributed by atoms with E-state index in [1.165, 1.54) is 38.5 Å². The lowest BCUT2D eigenvalue weighted by atomic mass is 9.82. The normalized spacial score (nSPS) is 34.1. The molecule has 0 spiro atoms. The number of rotatable bonds is 1. The molecule has 1 aliphatic carbocycles. The monoisotopic (exact) mass is 277 g/mol. The highest BCUT2D eigenvalue weighted by Gasteiger charge is 2.39. The van der Waals surface area contributed by atoms with Crippen LogP contribution >= 0.6 is 0 Å². The fourth-order valence-electron chi connectivity index (χ4n) is 3.86. The molecule has 1 nitrogen and oxygen atoms in total. The van der Waals surface area contributed by atoms with Crippen LogP contribution in [0.4, 0.5) is 0 Å². The summed E-state index contributed by atoms with van der Waals surface area (Å²) >= 11 is 0. The molecule has 0 unspecified atom stereocenters. The maximum atomic E-state index is 3.63. The van der Waals surface area contributed by atoms with Gasteiger partial charge in [0.1, 0.15) is 8.07 Å². The molecule has 2 aliphatic rings. The Hall–Kier alpha value is -0.263. The van der Waals surface area contributed by atoms with E-state index in [0.717, 1.165) is 17.9 Å². The summed E-state index contributed by atoms with van der Waals surface area (Å²) in [4.78, 5) is 2.62. The molecule has 0 amide bonds. The molecule has 0 radical (unpaired) electrons. The standard InChI is InChI=1S/C17H31NSi/c1-14-13-17(15-9-7-6-8-10-15)18(2)16(14)11-12-19(3,4)5/h14-17H,6-10,13H2,1-5H3/t14-,16-,17-/m1/s1. The minimum atomic E-state index is -1.23. The third-order valence-electron chi connectivity index (χ3n) is 4.90. The molecule has 2 fully saturated rings. The van der Waals surface area contributed by atoms with Gasteiger partial charge in [0.15, 0.2) is 0 Å². The maximum absolute atomic E-state index is 3.63. The molecular formula is C17H31NSi. The van der Waals surface area contributed by atoms with E-state index in [0.29, 0.717) is 6.04 Å². The molecular weight excluding hydrogens is 246 g/mol. The van der Waals surface area contributed by atoms with Crippen molar-refractivity contribution >= 4 is 8.07 Å². The van der Waals surface area contributed by atoms with E-state index < -0.39 is 8.07 Å². The second kappa shape index (κ2) is 6.02. The van der Waals surface area contributed by atoms with E-state index >= 15 is 0 Å². The lowest BCUT2D eigenvalue weighted by Gasteiger charge is -2.33. The van der Waals surface area contributed by atoms with E-state index in [9.17, 15) is 0 Å². The Morgan fingerprint density at radius 1 is 1.05 bits per heavy atom. The topological polar surface area (TPSA) is 3.24 Å². The van der Waals surface area contributed by atoms with Crippen LogP contribution in [0.25, 0.3) is 0 Å². The Balaban J connectivity index is 2.04. The van der Waals surface area contributed by atoms with Crippen LogP contribution in [0.5, 0.6) is 0 Å². The molecule has 1 aliphatic heterocycles. The van der Waals surface area contributed by atoms with Crippen LogP contribution in [0.15, 0.2) is 0 Å². The smallest absolute Gasteiger partial charge is 0.129 e. The van der Waals surface area contributed by atoms with Crippen LogP contribution in [0.1, 0.15) is 45.4 Å². The van der Waals surface area contributed by atoms with E-state index in [1.807, 2.05) is 0 Å². The Morgan fingerprint density at radius 3 is 2.26 bits per heavy atom. The quantitative estimate of drug-likeness (QED) is 0.514. The number of nitrogens with zero attached hydrogens (tertiary/aromatic N) is 1. The van der Waals surface area contributed by atoms with Crippen molar-refractivity contribution in [2.24, 2.45) is 11.8 Å². The predicted molar refractivity (Wildman–Crippen MR) is 86.8 cm³/mol. The van der Waals surface area contributed by atoms with Gasteiger partial charge in [0.05, 0.1) is 6.04 Å². The molecule has 1 saturated heterocycles. The van der Waals surface area contributed by atoms with Crippen LogP contribution in [-0.4, -0.2) is 32.1 Å². The third kappa shape index (κ3) is 3.86. The highest BCUT2D eigenvalue weighted by atomic mass is 28.3. The number of likely N-dealkylation sites (tertiary alicyclic amines) is 1. The largest absolute Gasteiger partial charge is 0.289 e. The summed E-state index contributed by atoms with van der Waals surface area (Å²) in [6.45, 7) is 9.44. The molecule has 108 valence electrons. The van der Waals surface area contributed by atoms with Crippen molar-refractivity contribution in [2.75, 3.05) is 7.05 Å². The first kappa shape index (κ1) is 15.1. The minimum Gasteiger partial charge on any atom is -0.289 e. The number of hydrogen-bond donors (Lipinski definition) is 0. The van der Waals surface area contributed by atoms with Gasteiger partial charge in [-0.1, -0.05) is 51.7 Å². The van der Waals surface area contributed by atoms with Crippen LogP contribution in [0.3, 0.4) is 0 Å². The Labute approximate surface area is 121 Å². The summed E-state index contributed by atoms with van der Waals surface area (Å²) in [6.07, 6.45) is 8.64. The molecule has 2 rings (SSSR count). The first-order valence-electron chi connectivity index (χ1n) is 8.13. The molecule has 0 aromatic rings. The lowest BCUT2D eigenvalue weighted by molar-refractivity contribution is 0.169. The Morgan fingerprint density at radius 2 is 1.68 bits per heavy atom. The summed E-state index contributed by atoms with van der Waals surface area (Å²) in [5.74, 6) is 5.32. The SMILES string of the molecule is C[C@@H]1C[C@H](C2CCCCC2)N(C)[C@@H]1C#C[Si](C)(C)C. The predicted octanol–water partition coefficient (Wildman–Crippen LogP) is 4.16. The molecule has 2 heteroatoms. The second-order valence-electron chi connectivity index (χ2n) is 7.81. The molecule has 0 aromatic carbocycles. The molecule has 19 heavy (non-hydrogen) atoms. The van der Waals surface area contributed by atoms with Crippen LogP contribution in [0.2, 0.25) is 19.6 Å². The second-order valence-corrected chi connectivity index (χ2v) is 12.6. The van der Waals surface area contributed by atoms with Gasteiger partial charge in [-0.25, -0.2) is 0 Å². The average molecular weight is 278 g/mol. The molecule has 0 aromatic heterocycles. The fourth-order valence-corrected chi connectivity index (χ4v) is 4.44. The summed E-state index contributed by atoms with van der Waals surface area (Å²) in [5.41, 5.74) is 3.60. The Bertz CT molecular complexity index is 354. The van der Waals surface area contributed by atoms with Crippen molar-refractivity contribution in [3.05, 3.63) is 0 Å². The maximum Gasteiger partial charge on any atom is 0.129 e. The fraction of sp³-hybridized carbons (Fsp3) is 0.882. The van der Waals surface area contributed by atoms with Crippen molar-refractivity contribution in [3.63, 3.8) is 0 Å². The van der Waals surface area contributed by atoms with Crippen molar-refractivity contribution in [1.29, 1.82) is 0 Å². The average Bonchev–Trinajstić information content (AvgIpc) is 2.63. The zero-order chi connectivity index (χ0) is 14.0. The van der Waals surface area contributed by atoms with Crippen molar-refractivity contribution in [3.8, 4) is 11.5 Å². The number of hydrogen-bond acceptors (Lipinski definition) is 1. The first-order valence-corrected chi connectivity index (χ1v) is 11.6. The third-order valence-corrected chi connectivity index (χ3v) is 5.80. The summed E-state index contributed by atoms with van der Waals surface area (Å²) < 4.78 is 0. The van der Waals surface area contributed by atoms with Crippen LogP contribution in [-0.2, 0) is 0 Å². The summed E-state index contributed by atoms with van der Waals surface area (Å²) in [5, 5.41) is 0. The van der Waals surface area contributed by atoms with Gasteiger partial charge in [0.2, 0.25) is 0 Å².